The van der Waals surface area contributed by atoms with Gasteiger partial charge in [0.15, 0.2) is 0 Å². The van der Waals surface area contributed by atoms with E-state index in [9.17, 15) is 0 Å². The van der Waals surface area contributed by atoms with Crippen LogP contribution in [0.3, 0.4) is 0 Å². The van der Waals surface area contributed by atoms with Crippen LogP contribution < -0.4 is 4.90 Å². The molecule has 1 nitrogen and oxygen atoms in total. The smallest absolute Gasteiger partial charge is 0.0540 e. The molecule has 0 atom stereocenters. The largest absolute Gasteiger partial charge is 0.310 e. The van der Waals surface area contributed by atoms with Crippen LogP contribution in [0.5, 0.6) is 0 Å². The summed E-state index contributed by atoms with van der Waals surface area (Å²) in [6.45, 7) is 0. The molecule has 2 aromatic heterocycles. The third-order valence-corrected chi connectivity index (χ3v) is 13.3. The Hall–Kier alpha value is -6.52. The molecule has 0 N–H and O–H groups in total. The molecule has 0 saturated carbocycles. The van der Waals surface area contributed by atoms with Gasteiger partial charge in [-0.05, 0) is 81.6 Å². The minimum absolute atomic E-state index is 1.11. The Morgan fingerprint density at radius 1 is 0.309 bits per heavy atom. The summed E-state index contributed by atoms with van der Waals surface area (Å²) in [5.74, 6) is 0. The van der Waals surface area contributed by atoms with Crippen LogP contribution >= 0.6 is 22.7 Å². The van der Waals surface area contributed by atoms with Crippen molar-refractivity contribution in [1.29, 1.82) is 0 Å². The average molecular weight is 736 g/mol. The number of rotatable bonds is 6. The van der Waals surface area contributed by atoms with Gasteiger partial charge < -0.3 is 4.90 Å². The highest BCUT2D eigenvalue weighted by Crippen LogP contribution is 2.47. The highest BCUT2D eigenvalue weighted by molar-refractivity contribution is 7.26. The molecule has 0 amide bonds. The molecule has 0 fully saturated rings. The van der Waals surface area contributed by atoms with Crippen molar-refractivity contribution in [3.8, 4) is 33.4 Å². The zero-order valence-electron chi connectivity index (χ0n) is 29.8. The number of anilines is 3. The first-order valence-electron chi connectivity index (χ1n) is 18.7. The number of para-hydroxylation sites is 1. The number of hydrogen-bond acceptors (Lipinski definition) is 3. The normalized spacial score (nSPS) is 11.6. The Bertz CT molecular complexity index is 3220. The van der Waals surface area contributed by atoms with Gasteiger partial charge in [-0.2, -0.15) is 0 Å². The quantitative estimate of drug-likeness (QED) is 0.164. The molecule has 0 aliphatic heterocycles. The van der Waals surface area contributed by atoms with E-state index >= 15 is 0 Å². The Morgan fingerprint density at radius 2 is 0.873 bits per heavy atom. The molecule has 0 unspecified atom stereocenters. The molecule has 11 aromatic rings. The SMILES string of the molecule is c1cc(-c2cccc3c2sc2ccccc23)cc(N(c2ccc(-c3ccc4ccccc4c3)cc2)c2ccccc2-c2cccc3c2sc2ccccc23)c1. The summed E-state index contributed by atoms with van der Waals surface area (Å²) >= 11 is 3.76. The zero-order valence-corrected chi connectivity index (χ0v) is 31.4. The van der Waals surface area contributed by atoms with Gasteiger partial charge in [0.2, 0.25) is 0 Å². The van der Waals surface area contributed by atoms with Crippen molar-refractivity contribution in [1.82, 2.24) is 0 Å². The highest BCUT2D eigenvalue weighted by atomic mass is 32.1. The van der Waals surface area contributed by atoms with Crippen LogP contribution in [0.25, 0.3) is 84.5 Å². The van der Waals surface area contributed by atoms with E-state index in [2.05, 4.69) is 205 Å². The number of benzene rings is 9. The molecule has 0 bridgehead atoms. The summed E-state index contributed by atoms with van der Waals surface area (Å²) in [5.41, 5.74) is 10.7. The first-order valence-corrected chi connectivity index (χ1v) is 20.3. The fourth-order valence-electron chi connectivity index (χ4n) is 8.24. The molecule has 9 aromatic carbocycles. The van der Waals surface area contributed by atoms with Gasteiger partial charge in [-0.3, -0.25) is 0 Å². The van der Waals surface area contributed by atoms with Crippen molar-refractivity contribution >= 4 is 90.9 Å². The first-order chi connectivity index (χ1) is 27.3. The predicted molar refractivity (Wildman–Crippen MR) is 241 cm³/mol. The van der Waals surface area contributed by atoms with Crippen LogP contribution in [-0.4, -0.2) is 0 Å². The van der Waals surface area contributed by atoms with E-state index in [0.717, 1.165) is 17.1 Å². The number of nitrogens with zero attached hydrogens (tertiary/aromatic N) is 1. The van der Waals surface area contributed by atoms with Crippen molar-refractivity contribution in [2.75, 3.05) is 4.90 Å². The summed E-state index contributed by atoms with van der Waals surface area (Å²) in [4.78, 5) is 2.44. The third-order valence-electron chi connectivity index (χ3n) is 10.9. The van der Waals surface area contributed by atoms with Gasteiger partial charge in [0.1, 0.15) is 0 Å². The second kappa shape index (κ2) is 13.1. The van der Waals surface area contributed by atoms with Gasteiger partial charge in [-0.15, -0.1) is 22.7 Å². The maximum absolute atomic E-state index is 2.44. The molecule has 0 radical (unpaired) electrons. The number of fused-ring (bicyclic) bond motifs is 7. The fraction of sp³-hybridized carbons (Fsp3) is 0. The predicted octanol–water partition coefficient (Wildman–Crippen LogP) is 16.0. The second-order valence-corrected chi connectivity index (χ2v) is 16.2. The molecule has 3 heteroatoms. The summed E-state index contributed by atoms with van der Waals surface area (Å²) in [6.07, 6.45) is 0. The fourth-order valence-corrected chi connectivity index (χ4v) is 10.7. The summed E-state index contributed by atoms with van der Waals surface area (Å²) in [7, 11) is 0. The number of thiophene rings is 2. The lowest BCUT2D eigenvalue weighted by molar-refractivity contribution is 1.28. The Kier molecular flexibility index (Phi) is 7.61. The van der Waals surface area contributed by atoms with E-state index in [0.29, 0.717) is 0 Å². The molecular formula is C52H33NS2. The van der Waals surface area contributed by atoms with Crippen LogP contribution in [0.2, 0.25) is 0 Å². The first kappa shape index (κ1) is 32.0. The van der Waals surface area contributed by atoms with Gasteiger partial charge in [-0.1, -0.05) is 152 Å². The van der Waals surface area contributed by atoms with Crippen LogP contribution in [0.4, 0.5) is 17.1 Å². The highest BCUT2D eigenvalue weighted by Gasteiger charge is 2.21. The molecule has 0 spiro atoms. The molecule has 0 saturated heterocycles. The minimum atomic E-state index is 1.11. The van der Waals surface area contributed by atoms with Crippen molar-refractivity contribution in [2.24, 2.45) is 0 Å². The van der Waals surface area contributed by atoms with Crippen LogP contribution in [0, 0.1) is 0 Å². The monoisotopic (exact) mass is 735 g/mol. The van der Waals surface area contributed by atoms with Crippen molar-refractivity contribution < 1.29 is 0 Å². The Balaban J connectivity index is 1.10. The van der Waals surface area contributed by atoms with Gasteiger partial charge in [0.25, 0.3) is 0 Å². The van der Waals surface area contributed by atoms with E-state index in [1.165, 1.54) is 84.5 Å². The van der Waals surface area contributed by atoms with E-state index < -0.39 is 0 Å². The Labute approximate surface area is 327 Å². The molecule has 258 valence electrons. The lowest BCUT2D eigenvalue weighted by Gasteiger charge is -2.28. The van der Waals surface area contributed by atoms with Gasteiger partial charge in [0.05, 0.1) is 5.69 Å². The van der Waals surface area contributed by atoms with E-state index in [1.807, 2.05) is 22.7 Å². The maximum atomic E-state index is 2.44. The molecule has 2 heterocycles. The minimum Gasteiger partial charge on any atom is -0.310 e. The average Bonchev–Trinajstić information content (AvgIpc) is 3.83. The topological polar surface area (TPSA) is 3.24 Å². The number of hydrogen-bond donors (Lipinski definition) is 0. The van der Waals surface area contributed by atoms with Crippen molar-refractivity contribution in [3.05, 3.63) is 200 Å². The molecular weight excluding hydrogens is 703 g/mol. The van der Waals surface area contributed by atoms with Crippen molar-refractivity contribution in [3.63, 3.8) is 0 Å². The lowest BCUT2D eigenvalue weighted by atomic mass is 9.98. The van der Waals surface area contributed by atoms with Gasteiger partial charge in [0, 0.05) is 62.8 Å². The van der Waals surface area contributed by atoms with E-state index in [1.54, 1.807) is 0 Å². The Morgan fingerprint density at radius 3 is 1.64 bits per heavy atom. The zero-order chi connectivity index (χ0) is 36.3. The summed E-state index contributed by atoms with van der Waals surface area (Å²) < 4.78 is 5.27. The maximum Gasteiger partial charge on any atom is 0.0540 e. The molecule has 11 rings (SSSR count). The summed E-state index contributed by atoms with van der Waals surface area (Å²) in [5, 5.41) is 7.75. The van der Waals surface area contributed by atoms with Gasteiger partial charge in [-0.25, -0.2) is 0 Å². The molecule has 0 aliphatic rings. The van der Waals surface area contributed by atoms with Crippen LogP contribution in [0.1, 0.15) is 0 Å². The van der Waals surface area contributed by atoms with E-state index in [4.69, 9.17) is 0 Å². The lowest BCUT2D eigenvalue weighted by Crippen LogP contribution is -2.11. The van der Waals surface area contributed by atoms with Crippen LogP contribution in [0.15, 0.2) is 200 Å². The van der Waals surface area contributed by atoms with Gasteiger partial charge >= 0.3 is 0 Å². The molecule has 55 heavy (non-hydrogen) atoms. The van der Waals surface area contributed by atoms with Crippen LogP contribution in [-0.2, 0) is 0 Å². The van der Waals surface area contributed by atoms with Crippen molar-refractivity contribution in [2.45, 2.75) is 0 Å². The van der Waals surface area contributed by atoms with E-state index in [-0.39, 0.29) is 0 Å². The molecule has 0 aliphatic carbocycles. The second-order valence-electron chi connectivity index (χ2n) is 14.1. The standard InChI is InChI=1S/C52H33NS2/c1-2-13-36-32-37(27-26-34(36)12-1)35-28-30-39(31-29-35)53(40-15-9-14-38(33-40)41-19-10-21-46-43-17-4-7-24-49(43)54-51(41)46)48-23-6-3-16-42(48)45-20-11-22-47-44-18-5-8-25-50(44)55-52(45)47/h1-33H. The third kappa shape index (κ3) is 5.43. The summed E-state index contributed by atoms with van der Waals surface area (Å²) in [6, 6.07) is 73.4.